The molecule has 1 atom stereocenters. The van der Waals surface area contributed by atoms with Crippen molar-refractivity contribution >= 4 is 5.97 Å². The summed E-state index contributed by atoms with van der Waals surface area (Å²) in [6.07, 6.45) is 0.752. The second-order valence-electron chi connectivity index (χ2n) is 3.48. The first-order chi connectivity index (χ1) is 8.22. The number of carboxylic acid groups (broad SMARTS) is 1. The van der Waals surface area contributed by atoms with Gasteiger partial charge in [0.2, 0.25) is 0 Å². The van der Waals surface area contributed by atoms with Gasteiger partial charge in [0.25, 0.3) is 0 Å². The van der Waals surface area contributed by atoms with Gasteiger partial charge in [0, 0.05) is 20.3 Å². The predicted molar refractivity (Wildman–Crippen MR) is 63.2 cm³/mol. The van der Waals surface area contributed by atoms with Gasteiger partial charge in [0.15, 0.2) is 0 Å². The van der Waals surface area contributed by atoms with E-state index < -0.39 is 12.0 Å². The summed E-state index contributed by atoms with van der Waals surface area (Å²) in [6, 6.07) is -0.630. The van der Waals surface area contributed by atoms with E-state index in [0.717, 1.165) is 6.42 Å². The first-order valence-electron chi connectivity index (χ1n) is 5.83. The van der Waals surface area contributed by atoms with Crippen LogP contribution in [-0.2, 0) is 19.0 Å². The number of aliphatic carboxylic acids is 1. The molecule has 6 heteroatoms. The summed E-state index contributed by atoms with van der Waals surface area (Å²) in [6.45, 7) is 4.92. The second-order valence-corrected chi connectivity index (χ2v) is 3.48. The van der Waals surface area contributed by atoms with Gasteiger partial charge in [0.05, 0.1) is 19.8 Å². The molecule has 0 aromatic rings. The minimum Gasteiger partial charge on any atom is -0.480 e. The molecule has 0 bridgehead atoms. The minimum atomic E-state index is -0.886. The number of ether oxygens (including phenoxy) is 3. The molecule has 0 aliphatic heterocycles. The molecule has 0 aliphatic rings. The van der Waals surface area contributed by atoms with Gasteiger partial charge in [-0.2, -0.15) is 0 Å². The summed E-state index contributed by atoms with van der Waals surface area (Å²) < 4.78 is 15.3. The highest BCUT2D eigenvalue weighted by Crippen LogP contribution is 1.90. The Hall–Kier alpha value is -0.690. The number of nitrogens with one attached hydrogen (secondary N) is 1. The van der Waals surface area contributed by atoms with E-state index in [-0.39, 0.29) is 6.61 Å². The SMILES string of the molecule is CCNC(COCCCOCCOC)C(=O)O. The number of rotatable bonds is 12. The summed E-state index contributed by atoms with van der Waals surface area (Å²) in [7, 11) is 1.62. The summed E-state index contributed by atoms with van der Waals surface area (Å²) >= 11 is 0. The molecule has 0 saturated heterocycles. The Morgan fingerprint density at radius 1 is 1.24 bits per heavy atom. The molecule has 0 fully saturated rings. The van der Waals surface area contributed by atoms with Crippen molar-refractivity contribution in [1.82, 2.24) is 5.32 Å². The highest BCUT2D eigenvalue weighted by Gasteiger charge is 2.15. The molecule has 0 aliphatic carbocycles. The number of hydrogen-bond donors (Lipinski definition) is 2. The van der Waals surface area contributed by atoms with Crippen molar-refractivity contribution in [2.75, 3.05) is 46.7 Å². The van der Waals surface area contributed by atoms with E-state index in [1.54, 1.807) is 7.11 Å². The van der Waals surface area contributed by atoms with Crippen LogP contribution < -0.4 is 5.32 Å². The summed E-state index contributed by atoms with van der Waals surface area (Å²) in [5, 5.41) is 11.7. The fourth-order valence-electron chi connectivity index (χ4n) is 1.17. The standard InChI is InChI=1S/C11H23NO5/c1-3-12-10(11(13)14)9-17-6-4-5-16-8-7-15-2/h10,12H,3-9H2,1-2H3,(H,13,14). The second kappa shape index (κ2) is 11.8. The zero-order chi connectivity index (χ0) is 12.9. The number of likely N-dealkylation sites (N-methyl/N-ethyl adjacent to an activating group) is 1. The molecule has 2 N–H and O–H groups in total. The zero-order valence-electron chi connectivity index (χ0n) is 10.6. The van der Waals surface area contributed by atoms with E-state index in [9.17, 15) is 4.79 Å². The number of carbonyl (C=O) groups is 1. The third-order valence-electron chi connectivity index (χ3n) is 2.04. The van der Waals surface area contributed by atoms with Crippen LogP contribution in [0.1, 0.15) is 13.3 Å². The first-order valence-corrected chi connectivity index (χ1v) is 5.83. The van der Waals surface area contributed by atoms with Gasteiger partial charge in [-0.25, -0.2) is 0 Å². The van der Waals surface area contributed by atoms with Crippen molar-refractivity contribution in [2.45, 2.75) is 19.4 Å². The molecular formula is C11H23NO5. The van der Waals surface area contributed by atoms with Crippen molar-refractivity contribution in [1.29, 1.82) is 0 Å². The molecule has 6 nitrogen and oxygen atoms in total. The van der Waals surface area contributed by atoms with Crippen LogP contribution in [0.4, 0.5) is 0 Å². The van der Waals surface area contributed by atoms with Gasteiger partial charge in [0.1, 0.15) is 6.04 Å². The molecule has 1 unspecified atom stereocenters. The minimum absolute atomic E-state index is 0.182. The van der Waals surface area contributed by atoms with E-state index in [1.807, 2.05) is 6.92 Å². The zero-order valence-corrected chi connectivity index (χ0v) is 10.6. The van der Waals surface area contributed by atoms with Gasteiger partial charge in [-0.3, -0.25) is 4.79 Å². The van der Waals surface area contributed by atoms with Gasteiger partial charge in [-0.1, -0.05) is 6.92 Å². The average molecular weight is 249 g/mol. The highest BCUT2D eigenvalue weighted by atomic mass is 16.5. The first kappa shape index (κ1) is 16.3. The van der Waals surface area contributed by atoms with Crippen LogP contribution in [0.15, 0.2) is 0 Å². The van der Waals surface area contributed by atoms with Gasteiger partial charge in [-0.15, -0.1) is 0 Å². The molecule has 0 amide bonds. The molecule has 102 valence electrons. The fourth-order valence-corrected chi connectivity index (χ4v) is 1.17. The molecular weight excluding hydrogens is 226 g/mol. The molecule has 0 heterocycles. The van der Waals surface area contributed by atoms with Crippen molar-refractivity contribution < 1.29 is 24.1 Å². The van der Waals surface area contributed by atoms with E-state index in [2.05, 4.69) is 5.32 Å². The lowest BCUT2D eigenvalue weighted by molar-refractivity contribution is -0.141. The van der Waals surface area contributed by atoms with Crippen LogP contribution in [0.25, 0.3) is 0 Å². The maximum Gasteiger partial charge on any atom is 0.323 e. The Kier molecular flexibility index (Phi) is 11.3. The lowest BCUT2D eigenvalue weighted by atomic mass is 10.3. The van der Waals surface area contributed by atoms with Crippen LogP contribution in [0, 0.1) is 0 Å². The number of carboxylic acids is 1. The topological polar surface area (TPSA) is 77.0 Å². The quantitative estimate of drug-likeness (QED) is 0.478. The van der Waals surface area contributed by atoms with Crippen LogP contribution in [0.5, 0.6) is 0 Å². The molecule has 0 aromatic heterocycles. The molecule has 0 aromatic carbocycles. The predicted octanol–water partition coefficient (Wildman–Crippen LogP) is 0.119. The van der Waals surface area contributed by atoms with E-state index in [4.69, 9.17) is 19.3 Å². The summed E-state index contributed by atoms with van der Waals surface area (Å²) in [5.74, 6) is -0.886. The molecule has 0 spiro atoms. The maximum absolute atomic E-state index is 10.7. The largest absolute Gasteiger partial charge is 0.480 e. The Bertz CT molecular complexity index is 189. The molecule has 0 radical (unpaired) electrons. The number of methoxy groups -OCH3 is 1. The Morgan fingerprint density at radius 2 is 1.94 bits per heavy atom. The van der Waals surface area contributed by atoms with Crippen LogP contribution >= 0.6 is 0 Å². The highest BCUT2D eigenvalue weighted by molar-refractivity contribution is 5.73. The third-order valence-corrected chi connectivity index (χ3v) is 2.04. The van der Waals surface area contributed by atoms with Crippen LogP contribution in [0.3, 0.4) is 0 Å². The fraction of sp³-hybridized carbons (Fsp3) is 0.909. The third kappa shape index (κ3) is 10.2. The van der Waals surface area contributed by atoms with Crippen LogP contribution in [-0.4, -0.2) is 63.8 Å². The Balaban J connectivity index is 3.33. The average Bonchev–Trinajstić information content (AvgIpc) is 2.31. The summed E-state index contributed by atoms with van der Waals surface area (Å²) in [5.41, 5.74) is 0. The Labute approximate surface area is 102 Å². The van der Waals surface area contributed by atoms with Crippen LogP contribution in [0.2, 0.25) is 0 Å². The Morgan fingerprint density at radius 3 is 2.53 bits per heavy atom. The van der Waals surface area contributed by atoms with E-state index >= 15 is 0 Å². The molecule has 17 heavy (non-hydrogen) atoms. The van der Waals surface area contributed by atoms with E-state index in [0.29, 0.717) is 33.0 Å². The van der Waals surface area contributed by atoms with Gasteiger partial charge >= 0.3 is 5.97 Å². The molecule has 0 rings (SSSR count). The lowest BCUT2D eigenvalue weighted by Crippen LogP contribution is -2.40. The normalized spacial score (nSPS) is 12.6. The van der Waals surface area contributed by atoms with Crippen molar-refractivity contribution in [3.05, 3.63) is 0 Å². The van der Waals surface area contributed by atoms with E-state index in [1.165, 1.54) is 0 Å². The smallest absolute Gasteiger partial charge is 0.323 e. The lowest BCUT2D eigenvalue weighted by Gasteiger charge is -2.13. The van der Waals surface area contributed by atoms with Crippen molar-refractivity contribution in [2.24, 2.45) is 0 Å². The maximum atomic E-state index is 10.7. The van der Waals surface area contributed by atoms with Crippen molar-refractivity contribution in [3.8, 4) is 0 Å². The summed E-state index contributed by atoms with van der Waals surface area (Å²) in [4.78, 5) is 10.7. The van der Waals surface area contributed by atoms with Crippen molar-refractivity contribution in [3.63, 3.8) is 0 Å². The molecule has 0 saturated carbocycles. The number of hydrogen-bond acceptors (Lipinski definition) is 5. The van der Waals surface area contributed by atoms with Gasteiger partial charge in [-0.05, 0) is 13.0 Å². The monoisotopic (exact) mass is 249 g/mol. The van der Waals surface area contributed by atoms with Gasteiger partial charge < -0.3 is 24.6 Å².